The molecule has 1 heterocycles. The Balaban J connectivity index is 1.68. The van der Waals surface area contributed by atoms with Gasteiger partial charge in [-0.1, -0.05) is 48.0 Å². The van der Waals surface area contributed by atoms with E-state index < -0.39 is 10.0 Å². The molecule has 0 spiro atoms. The first-order valence-corrected chi connectivity index (χ1v) is 9.61. The van der Waals surface area contributed by atoms with Crippen molar-refractivity contribution in [2.45, 2.75) is 19.1 Å². The molecule has 3 rings (SSSR count). The molecular formula is C19H22N2O2S. The summed E-state index contributed by atoms with van der Waals surface area (Å²) in [4.78, 5) is 3.23. The molecule has 0 aliphatic heterocycles. The third-order valence-corrected chi connectivity index (χ3v) is 6.11. The second-order valence-electron chi connectivity index (χ2n) is 6.18. The second-order valence-corrected chi connectivity index (χ2v) is 8.25. The van der Waals surface area contributed by atoms with Crippen molar-refractivity contribution < 1.29 is 8.42 Å². The summed E-state index contributed by atoms with van der Waals surface area (Å²) < 4.78 is 26.6. The first kappa shape index (κ1) is 16.7. The van der Waals surface area contributed by atoms with Crippen molar-refractivity contribution in [2.75, 3.05) is 13.6 Å². The number of nitrogens with one attached hydrogen (secondary N) is 1. The monoisotopic (exact) mass is 342 g/mol. The number of fused-ring (bicyclic) bond motifs is 1. The van der Waals surface area contributed by atoms with E-state index in [0.717, 1.165) is 27.6 Å². The number of para-hydroxylation sites is 1. The Kier molecular flexibility index (Phi) is 4.73. The Morgan fingerprint density at radius 2 is 1.88 bits per heavy atom. The van der Waals surface area contributed by atoms with Gasteiger partial charge in [-0.05, 0) is 30.5 Å². The number of likely N-dealkylation sites (N-methyl/N-ethyl adjacent to an activating group) is 1. The first-order valence-electron chi connectivity index (χ1n) is 8.00. The molecule has 0 saturated heterocycles. The van der Waals surface area contributed by atoms with Crippen LogP contribution in [0, 0.1) is 6.92 Å². The van der Waals surface area contributed by atoms with Gasteiger partial charge in [0.2, 0.25) is 10.0 Å². The lowest BCUT2D eigenvalue weighted by Gasteiger charge is -2.17. The fourth-order valence-electron chi connectivity index (χ4n) is 2.88. The highest BCUT2D eigenvalue weighted by molar-refractivity contribution is 7.88. The number of hydrogen-bond acceptors (Lipinski definition) is 2. The van der Waals surface area contributed by atoms with Gasteiger partial charge in [0.15, 0.2) is 0 Å². The number of hydrogen-bond donors (Lipinski definition) is 1. The van der Waals surface area contributed by atoms with Gasteiger partial charge < -0.3 is 4.98 Å². The van der Waals surface area contributed by atoms with E-state index in [4.69, 9.17) is 0 Å². The summed E-state index contributed by atoms with van der Waals surface area (Å²) in [5.41, 5.74) is 4.12. The van der Waals surface area contributed by atoms with Crippen LogP contribution in [-0.2, 0) is 22.2 Å². The van der Waals surface area contributed by atoms with E-state index in [1.54, 1.807) is 7.05 Å². The van der Waals surface area contributed by atoms with Gasteiger partial charge in [0, 0.05) is 30.7 Å². The van der Waals surface area contributed by atoms with Gasteiger partial charge in [0.25, 0.3) is 0 Å². The Morgan fingerprint density at radius 1 is 1.08 bits per heavy atom. The average Bonchev–Trinajstić information content (AvgIpc) is 2.95. The number of rotatable bonds is 6. The summed E-state index contributed by atoms with van der Waals surface area (Å²) in [5.74, 6) is 0.0407. The lowest BCUT2D eigenvalue weighted by atomic mass is 10.1. The maximum absolute atomic E-state index is 12.6. The minimum absolute atomic E-state index is 0.0407. The fourth-order valence-corrected chi connectivity index (χ4v) is 4.07. The van der Waals surface area contributed by atoms with Crippen molar-refractivity contribution in [3.63, 3.8) is 0 Å². The topological polar surface area (TPSA) is 53.2 Å². The highest BCUT2D eigenvalue weighted by Crippen LogP contribution is 2.19. The van der Waals surface area contributed by atoms with Gasteiger partial charge in [-0.15, -0.1) is 0 Å². The maximum Gasteiger partial charge on any atom is 0.218 e. The number of H-pyrrole nitrogens is 1. The molecule has 0 saturated carbocycles. The Bertz CT molecular complexity index is 945. The molecule has 0 bridgehead atoms. The minimum atomic E-state index is -3.31. The lowest BCUT2D eigenvalue weighted by Crippen LogP contribution is -2.30. The van der Waals surface area contributed by atoms with Crippen LogP contribution in [0.2, 0.25) is 0 Å². The molecule has 1 aromatic heterocycles. The zero-order valence-corrected chi connectivity index (χ0v) is 14.8. The second kappa shape index (κ2) is 6.79. The van der Waals surface area contributed by atoms with Crippen LogP contribution in [0.4, 0.5) is 0 Å². The molecular weight excluding hydrogens is 320 g/mol. The molecule has 4 nitrogen and oxygen atoms in total. The van der Waals surface area contributed by atoms with Crippen molar-refractivity contribution in [1.82, 2.24) is 9.29 Å². The third kappa shape index (κ3) is 3.68. The molecule has 0 unspecified atom stereocenters. The molecule has 1 N–H and O–H groups in total. The van der Waals surface area contributed by atoms with Gasteiger partial charge in [-0.2, -0.15) is 0 Å². The van der Waals surface area contributed by atoms with Crippen molar-refractivity contribution in [2.24, 2.45) is 0 Å². The summed E-state index contributed by atoms with van der Waals surface area (Å²) >= 11 is 0. The van der Waals surface area contributed by atoms with E-state index in [9.17, 15) is 8.42 Å². The van der Waals surface area contributed by atoms with Gasteiger partial charge in [0.1, 0.15) is 0 Å². The molecule has 0 fully saturated rings. The molecule has 3 aromatic rings. The van der Waals surface area contributed by atoms with E-state index in [2.05, 4.69) is 11.1 Å². The number of sulfonamides is 1. The van der Waals surface area contributed by atoms with Crippen LogP contribution in [0.5, 0.6) is 0 Å². The highest BCUT2D eigenvalue weighted by Gasteiger charge is 2.18. The number of benzene rings is 2. The molecule has 0 amide bonds. The average molecular weight is 342 g/mol. The molecule has 5 heteroatoms. The Morgan fingerprint density at radius 3 is 2.67 bits per heavy atom. The smallest absolute Gasteiger partial charge is 0.218 e. The predicted molar refractivity (Wildman–Crippen MR) is 98.4 cm³/mol. The number of aromatic nitrogens is 1. The molecule has 0 aliphatic carbocycles. The van der Waals surface area contributed by atoms with Crippen molar-refractivity contribution in [3.05, 3.63) is 71.4 Å². The molecule has 2 aromatic carbocycles. The van der Waals surface area contributed by atoms with Crippen molar-refractivity contribution >= 4 is 20.9 Å². The van der Waals surface area contributed by atoms with Gasteiger partial charge >= 0.3 is 0 Å². The van der Waals surface area contributed by atoms with Crippen LogP contribution in [0.1, 0.15) is 16.7 Å². The quantitative estimate of drug-likeness (QED) is 0.745. The predicted octanol–water partition coefficient (Wildman–Crippen LogP) is 3.48. The normalized spacial score (nSPS) is 12.1. The van der Waals surface area contributed by atoms with E-state index in [1.807, 2.05) is 55.6 Å². The van der Waals surface area contributed by atoms with E-state index in [0.29, 0.717) is 13.0 Å². The molecule has 126 valence electrons. The molecule has 0 aliphatic rings. The summed E-state index contributed by atoms with van der Waals surface area (Å²) in [5, 5.41) is 1.15. The molecule has 24 heavy (non-hydrogen) atoms. The molecule has 0 atom stereocenters. The summed E-state index contributed by atoms with van der Waals surface area (Å²) in [7, 11) is -1.66. The zero-order chi connectivity index (χ0) is 17.2. The van der Waals surface area contributed by atoms with Crippen LogP contribution < -0.4 is 0 Å². The maximum atomic E-state index is 12.6. The van der Waals surface area contributed by atoms with E-state index >= 15 is 0 Å². The van der Waals surface area contributed by atoms with Crippen molar-refractivity contribution in [1.29, 1.82) is 0 Å². The van der Waals surface area contributed by atoms with Gasteiger partial charge in [-0.25, -0.2) is 12.7 Å². The zero-order valence-electron chi connectivity index (χ0n) is 14.0. The molecule has 0 radical (unpaired) electrons. The number of aromatic amines is 1. The number of aryl methyl sites for hydroxylation is 1. The fraction of sp³-hybridized carbons (Fsp3) is 0.263. The Hall–Kier alpha value is -2.11. The van der Waals surface area contributed by atoms with Gasteiger partial charge in [-0.3, -0.25) is 0 Å². The Labute approximate surface area is 143 Å². The number of nitrogens with zero attached hydrogens (tertiary/aromatic N) is 1. The van der Waals surface area contributed by atoms with Crippen LogP contribution in [-0.4, -0.2) is 31.3 Å². The first-order chi connectivity index (χ1) is 11.5. The summed E-state index contributed by atoms with van der Waals surface area (Å²) in [6, 6.07) is 15.7. The van der Waals surface area contributed by atoms with Crippen molar-refractivity contribution in [3.8, 4) is 0 Å². The highest BCUT2D eigenvalue weighted by atomic mass is 32.2. The van der Waals surface area contributed by atoms with Crippen LogP contribution in [0.3, 0.4) is 0 Å². The van der Waals surface area contributed by atoms with Gasteiger partial charge in [0.05, 0.1) is 5.75 Å². The summed E-state index contributed by atoms with van der Waals surface area (Å²) in [6.07, 6.45) is 2.65. The standard InChI is InChI=1S/C19H22N2O2S/c1-15-6-5-7-16(12-15)14-24(22,23)21(2)11-10-17-13-20-19-9-4-3-8-18(17)19/h3-9,12-13,20H,10-11,14H2,1-2H3. The third-order valence-electron chi connectivity index (χ3n) is 4.28. The van der Waals surface area contributed by atoms with Crippen LogP contribution in [0.15, 0.2) is 54.7 Å². The van der Waals surface area contributed by atoms with Crippen LogP contribution in [0.25, 0.3) is 10.9 Å². The lowest BCUT2D eigenvalue weighted by molar-refractivity contribution is 0.472. The van der Waals surface area contributed by atoms with E-state index in [-0.39, 0.29) is 5.75 Å². The largest absolute Gasteiger partial charge is 0.361 e. The summed E-state index contributed by atoms with van der Waals surface area (Å²) in [6.45, 7) is 2.44. The minimum Gasteiger partial charge on any atom is -0.361 e. The van der Waals surface area contributed by atoms with E-state index in [1.165, 1.54) is 4.31 Å². The van der Waals surface area contributed by atoms with Crippen LogP contribution >= 0.6 is 0 Å². The SMILES string of the molecule is Cc1cccc(CS(=O)(=O)N(C)CCc2c[nH]c3ccccc23)c1.